The predicted molar refractivity (Wildman–Crippen MR) is 82.7 cm³/mol. The van der Waals surface area contributed by atoms with Gasteiger partial charge in [-0.25, -0.2) is 0 Å². The second-order valence-electron chi connectivity index (χ2n) is 5.02. The smallest absolute Gasteiger partial charge is 0.257 e. The van der Waals surface area contributed by atoms with Crippen molar-refractivity contribution in [2.75, 3.05) is 20.1 Å². The second-order valence-corrected chi connectivity index (χ2v) is 7.48. The van der Waals surface area contributed by atoms with Crippen LogP contribution in [0.1, 0.15) is 18.7 Å². The Morgan fingerprint density at radius 2 is 2.40 bits per heavy atom. The minimum atomic E-state index is 0.551. The average Bonchev–Trinajstić information content (AvgIpc) is 3.09. The van der Waals surface area contributed by atoms with Gasteiger partial charge in [-0.15, -0.1) is 21.5 Å². The summed E-state index contributed by atoms with van der Waals surface area (Å²) in [6.45, 7) is 2.86. The van der Waals surface area contributed by atoms with E-state index in [-0.39, 0.29) is 0 Å². The molecule has 1 aliphatic rings. The summed E-state index contributed by atoms with van der Waals surface area (Å²) in [7, 11) is 2.11. The van der Waals surface area contributed by atoms with Crippen LogP contribution in [0.15, 0.2) is 20.3 Å². The lowest BCUT2D eigenvalue weighted by Gasteiger charge is -2.30. The first-order chi connectivity index (χ1) is 9.72. The van der Waals surface area contributed by atoms with Crippen LogP contribution in [-0.4, -0.2) is 41.3 Å². The monoisotopic (exact) mass is 356 g/mol. The van der Waals surface area contributed by atoms with Gasteiger partial charge in [0.05, 0.1) is 15.2 Å². The molecular weight excluding hydrogens is 340 g/mol. The zero-order chi connectivity index (χ0) is 13.9. The van der Waals surface area contributed by atoms with Crippen molar-refractivity contribution < 1.29 is 4.42 Å². The number of nitrogens with zero attached hydrogens (tertiary/aromatic N) is 3. The van der Waals surface area contributed by atoms with Gasteiger partial charge in [0.2, 0.25) is 5.89 Å². The Morgan fingerprint density at radius 1 is 1.50 bits per heavy atom. The van der Waals surface area contributed by atoms with Crippen LogP contribution in [0.25, 0.3) is 10.8 Å². The zero-order valence-electron chi connectivity index (χ0n) is 11.3. The summed E-state index contributed by atoms with van der Waals surface area (Å²) >= 11 is 5.04. The summed E-state index contributed by atoms with van der Waals surface area (Å²) in [5, 5.41) is 11.7. The van der Waals surface area contributed by atoms with Gasteiger partial charge in [0.25, 0.3) is 5.89 Å². The lowest BCUT2D eigenvalue weighted by atomic mass is 10.1. The number of hydrogen-bond donors (Lipinski definition) is 1. The van der Waals surface area contributed by atoms with Gasteiger partial charge in [-0.3, -0.25) is 4.90 Å². The van der Waals surface area contributed by atoms with E-state index >= 15 is 0 Å². The number of aromatic nitrogens is 2. The molecule has 3 heterocycles. The molecule has 108 valence electrons. The van der Waals surface area contributed by atoms with Crippen LogP contribution in [0.3, 0.4) is 0 Å². The minimum Gasteiger partial charge on any atom is -0.419 e. The standard InChI is InChI=1S/C13H17BrN4OS/c1-18(9-3-2-6-15-7-9)8-12-16-17-13(19-12)10-4-5-11(14)20-10/h4-5,9,15H,2-3,6-8H2,1H3. The van der Waals surface area contributed by atoms with E-state index in [1.165, 1.54) is 12.8 Å². The fraction of sp³-hybridized carbons (Fsp3) is 0.538. The normalized spacial score (nSPS) is 19.6. The van der Waals surface area contributed by atoms with Crippen LogP contribution < -0.4 is 5.32 Å². The van der Waals surface area contributed by atoms with Gasteiger partial charge < -0.3 is 9.73 Å². The highest BCUT2D eigenvalue weighted by Gasteiger charge is 2.20. The maximum absolute atomic E-state index is 5.75. The third-order valence-corrected chi connectivity index (χ3v) is 5.14. The summed E-state index contributed by atoms with van der Waals surface area (Å²) in [6.07, 6.45) is 2.45. The highest BCUT2D eigenvalue weighted by Crippen LogP contribution is 2.30. The lowest BCUT2D eigenvalue weighted by Crippen LogP contribution is -2.43. The molecular formula is C13H17BrN4OS. The Morgan fingerprint density at radius 3 is 3.10 bits per heavy atom. The van der Waals surface area contributed by atoms with Crippen molar-refractivity contribution in [1.29, 1.82) is 0 Å². The molecule has 5 nitrogen and oxygen atoms in total. The summed E-state index contributed by atoms with van der Waals surface area (Å²) in [6, 6.07) is 4.53. The molecule has 7 heteroatoms. The molecule has 0 radical (unpaired) electrons. The fourth-order valence-corrected chi connectivity index (χ4v) is 3.71. The van der Waals surface area contributed by atoms with Crippen LogP contribution in [0.4, 0.5) is 0 Å². The number of nitrogens with one attached hydrogen (secondary N) is 1. The predicted octanol–water partition coefficient (Wildman–Crippen LogP) is 2.74. The molecule has 0 saturated carbocycles. The fourth-order valence-electron chi connectivity index (χ4n) is 2.40. The molecule has 0 amide bonds. The van der Waals surface area contributed by atoms with E-state index in [2.05, 4.69) is 43.4 Å². The summed E-state index contributed by atoms with van der Waals surface area (Å²) < 4.78 is 6.82. The number of thiophene rings is 1. The molecule has 3 rings (SSSR count). The van der Waals surface area contributed by atoms with E-state index in [1.807, 2.05) is 12.1 Å². The van der Waals surface area contributed by atoms with E-state index in [0.717, 1.165) is 21.8 Å². The van der Waals surface area contributed by atoms with E-state index in [4.69, 9.17) is 4.42 Å². The van der Waals surface area contributed by atoms with Gasteiger partial charge in [-0.1, -0.05) is 0 Å². The lowest BCUT2D eigenvalue weighted by molar-refractivity contribution is 0.181. The van der Waals surface area contributed by atoms with Crippen molar-refractivity contribution in [3.8, 4) is 10.8 Å². The Balaban J connectivity index is 1.64. The van der Waals surface area contributed by atoms with Crippen LogP contribution in [0, 0.1) is 0 Å². The first-order valence-corrected chi connectivity index (χ1v) is 8.32. The Labute approximate surface area is 130 Å². The molecule has 1 atom stereocenters. The first kappa shape index (κ1) is 14.2. The SMILES string of the molecule is CN(Cc1nnc(-c2ccc(Br)s2)o1)C1CCCNC1. The Bertz CT molecular complexity index is 564. The summed E-state index contributed by atoms with van der Waals surface area (Å²) in [5.41, 5.74) is 0. The number of hydrogen-bond acceptors (Lipinski definition) is 6. The average molecular weight is 357 g/mol. The van der Waals surface area contributed by atoms with Crippen LogP contribution in [0.2, 0.25) is 0 Å². The Kier molecular flexibility index (Phi) is 4.50. The van der Waals surface area contributed by atoms with E-state index in [9.17, 15) is 0 Å². The van der Waals surface area contributed by atoms with Crippen molar-refractivity contribution in [3.05, 3.63) is 21.8 Å². The molecule has 1 aliphatic heterocycles. The van der Waals surface area contributed by atoms with Gasteiger partial charge >= 0.3 is 0 Å². The van der Waals surface area contributed by atoms with Gasteiger partial charge in [-0.2, -0.15) is 0 Å². The van der Waals surface area contributed by atoms with Crippen LogP contribution >= 0.6 is 27.3 Å². The molecule has 2 aromatic rings. The van der Waals surface area contributed by atoms with Gasteiger partial charge in [0.15, 0.2) is 0 Å². The maximum Gasteiger partial charge on any atom is 0.257 e. The molecule has 0 bridgehead atoms. The van der Waals surface area contributed by atoms with Gasteiger partial charge in [0, 0.05) is 12.6 Å². The zero-order valence-corrected chi connectivity index (χ0v) is 13.7. The third kappa shape index (κ3) is 3.28. The van der Waals surface area contributed by atoms with Crippen molar-refractivity contribution >= 4 is 27.3 Å². The quantitative estimate of drug-likeness (QED) is 0.912. The summed E-state index contributed by atoms with van der Waals surface area (Å²) in [4.78, 5) is 3.28. The number of piperidine rings is 1. The van der Waals surface area contributed by atoms with E-state index in [0.29, 0.717) is 24.4 Å². The highest BCUT2D eigenvalue weighted by molar-refractivity contribution is 9.11. The van der Waals surface area contributed by atoms with Crippen LogP contribution in [0.5, 0.6) is 0 Å². The number of rotatable bonds is 4. The molecule has 0 aromatic carbocycles. The highest BCUT2D eigenvalue weighted by atomic mass is 79.9. The van der Waals surface area contributed by atoms with Crippen molar-refractivity contribution in [1.82, 2.24) is 20.4 Å². The van der Waals surface area contributed by atoms with E-state index in [1.54, 1.807) is 11.3 Å². The molecule has 0 spiro atoms. The second kappa shape index (κ2) is 6.34. The molecule has 1 unspecified atom stereocenters. The first-order valence-electron chi connectivity index (χ1n) is 6.71. The molecule has 2 aromatic heterocycles. The third-order valence-electron chi connectivity index (χ3n) is 3.53. The molecule has 1 saturated heterocycles. The largest absolute Gasteiger partial charge is 0.419 e. The molecule has 0 aliphatic carbocycles. The molecule has 20 heavy (non-hydrogen) atoms. The number of likely N-dealkylation sites (N-methyl/N-ethyl adjacent to an activating group) is 1. The van der Waals surface area contributed by atoms with E-state index < -0.39 is 0 Å². The van der Waals surface area contributed by atoms with Crippen molar-refractivity contribution in [3.63, 3.8) is 0 Å². The van der Waals surface area contributed by atoms with Gasteiger partial charge in [0.1, 0.15) is 0 Å². The number of halogens is 1. The topological polar surface area (TPSA) is 54.2 Å². The Hall–Kier alpha value is -0.760. The van der Waals surface area contributed by atoms with Gasteiger partial charge in [-0.05, 0) is 54.5 Å². The summed E-state index contributed by atoms with van der Waals surface area (Å²) in [5.74, 6) is 1.28. The molecule has 1 fully saturated rings. The van der Waals surface area contributed by atoms with Crippen molar-refractivity contribution in [2.24, 2.45) is 0 Å². The van der Waals surface area contributed by atoms with Crippen LogP contribution in [-0.2, 0) is 6.54 Å². The minimum absolute atomic E-state index is 0.551. The maximum atomic E-state index is 5.75. The van der Waals surface area contributed by atoms with Crippen molar-refractivity contribution in [2.45, 2.75) is 25.4 Å². The molecule has 1 N–H and O–H groups in total.